The third kappa shape index (κ3) is 5.83. The first-order valence-electron chi connectivity index (χ1n) is 6.66. The van der Waals surface area contributed by atoms with Gasteiger partial charge in [-0.05, 0) is 65.8 Å². The van der Waals surface area contributed by atoms with Crippen molar-refractivity contribution in [2.45, 2.75) is 38.1 Å². The van der Waals surface area contributed by atoms with E-state index in [9.17, 15) is 0 Å². The van der Waals surface area contributed by atoms with E-state index in [2.05, 4.69) is 30.9 Å². The van der Waals surface area contributed by atoms with Crippen LogP contribution in [0.1, 0.15) is 32.1 Å². The van der Waals surface area contributed by atoms with Crippen LogP contribution in [0.15, 0.2) is 0 Å². The van der Waals surface area contributed by atoms with E-state index in [1.807, 2.05) is 0 Å². The third-order valence-corrected chi connectivity index (χ3v) is 3.54. The molecule has 0 bridgehead atoms. The molecular weight excluding hydrogens is 198 g/mol. The molecule has 1 aliphatic rings. The molecule has 0 aromatic carbocycles. The summed E-state index contributed by atoms with van der Waals surface area (Å²) < 4.78 is 0. The largest absolute Gasteiger partial charge is 0.328 e. The molecule has 1 rings (SSSR count). The van der Waals surface area contributed by atoms with Crippen LogP contribution in [-0.4, -0.2) is 56.6 Å². The highest BCUT2D eigenvalue weighted by molar-refractivity contribution is 4.76. The van der Waals surface area contributed by atoms with Gasteiger partial charge in [-0.3, -0.25) is 0 Å². The molecule has 2 N–H and O–H groups in total. The van der Waals surface area contributed by atoms with Crippen LogP contribution in [0.5, 0.6) is 0 Å². The molecule has 3 nitrogen and oxygen atoms in total. The monoisotopic (exact) mass is 227 g/mol. The lowest BCUT2D eigenvalue weighted by Crippen LogP contribution is -2.35. The van der Waals surface area contributed by atoms with Crippen molar-refractivity contribution >= 4 is 0 Å². The van der Waals surface area contributed by atoms with Gasteiger partial charge in [0.25, 0.3) is 0 Å². The van der Waals surface area contributed by atoms with Crippen molar-refractivity contribution in [3.8, 4) is 0 Å². The average molecular weight is 227 g/mol. The molecule has 1 fully saturated rings. The highest BCUT2D eigenvalue weighted by Crippen LogP contribution is 2.23. The zero-order valence-electron chi connectivity index (χ0n) is 11.3. The van der Waals surface area contributed by atoms with Crippen LogP contribution in [0.3, 0.4) is 0 Å². The van der Waals surface area contributed by atoms with E-state index in [1.54, 1.807) is 0 Å². The SMILES string of the molecule is CN(C)CCCN(C)CC1CCCC(N)C1. The standard InChI is InChI=1S/C13H29N3/c1-15(2)8-5-9-16(3)11-12-6-4-7-13(14)10-12/h12-13H,4-11,14H2,1-3H3. The lowest BCUT2D eigenvalue weighted by Gasteiger charge is -2.30. The van der Waals surface area contributed by atoms with E-state index in [0.717, 1.165) is 5.92 Å². The fourth-order valence-electron chi connectivity index (χ4n) is 2.69. The second-order valence-electron chi connectivity index (χ2n) is 5.71. The van der Waals surface area contributed by atoms with Crippen molar-refractivity contribution in [1.82, 2.24) is 9.80 Å². The van der Waals surface area contributed by atoms with Crippen molar-refractivity contribution in [1.29, 1.82) is 0 Å². The summed E-state index contributed by atoms with van der Waals surface area (Å²) in [5.41, 5.74) is 6.02. The highest BCUT2D eigenvalue weighted by atomic mass is 15.1. The van der Waals surface area contributed by atoms with E-state index in [1.165, 1.54) is 51.7 Å². The second kappa shape index (κ2) is 7.25. The molecule has 0 saturated heterocycles. The van der Waals surface area contributed by atoms with Gasteiger partial charge in [-0.2, -0.15) is 0 Å². The minimum atomic E-state index is 0.467. The van der Waals surface area contributed by atoms with Crippen molar-refractivity contribution < 1.29 is 0 Å². The van der Waals surface area contributed by atoms with E-state index < -0.39 is 0 Å². The maximum Gasteiger partial charge on any atom is 0.00419 e. The van der Waals surface area contributed by atoms with Gasteiger partial charge in [-0.25, -0.2) is 0 Å². The molecule has 0 aromatic rings. The molecule has 0 radical (unpaired) electrons. The van der Waals surface area contributed by atoms with Crippen LogP contribution < -0.4 is 5.73 Å². The van der Waals surface area contributed by atoms with Crippen LogP contribution in [0, 0.1) is 5.92 Å². The zero-order valence-corrected chi connectivity index (χ0v) is 11.3. The topological polar surface area (TPSA) is 32.5 Å². The maximum atomic E-state index is 6.02. The van der Waals surface area contributed by atoms with Gasteiger partial charge in [-0.15, -0.1) is 0 Å². The number of hydrogen-bond acceptors (Lipinski definition) is 3. The lowest BCUT2D eigenvalue weighted by atomic mass is 9.86. The molecular formula is C13H29N3. The van der Waals surface area contributed by atoms with E-state index in [0.29, 0.717) is 6.04 Å². The predicted molar refractivity (Wildman–Crippen MR) is 70.6 cm³/mol. The minimum absolute atomic E-state index is 0.467. The first-order chi connectivity index (χ1) is 7.58. The van der Waals surface area contributed by atoms with E-state index in [4.69, 9.17) is 5.73 Å². The van der Waals surface area contributed by atoms with Gasteiger partial charge in [0.2, 0.25) is 0 Å². The van der Waals surface area contributed by atoms with Crippen LogP contribution in [0.25, 0.3) is 0 Å². The predicted octanol–water partition coefficient (Wildman–Crippen LogP) is 1.39. The van der Waals surface area contributed by atoms with Gasteiger partial charge in [0, 0.05) is 12.6 Å². The summed E-state index contributed by atoms with van der Waals surface area (Å²) >= 11 is 0. The Hall–Kier alpha value is -0.120. The van der Waals surface area contributed by atoms with Gasteiger partial charge in [0.15, 0.2) is 0 Å². The normalized spacial score (nSPS) is 26.6. The summed E-state index contributed by atoms with van der Waals surface area (Å²) in [4.78, 5) is 4.73. The molecule has 0 heterocycles. The third-order valence-electron chi connectivity index (χ3n) is 3.54. The molecule has 0 spiro atoms. The van der Waals surface area contributed by atoms with Gasteiger partial charge in [-0.1, -0.05) is 6.42 Å². The molecule has 0 amide bonds. The lowest BCUT2D eigenvalue weighted by molar-refractivity contribution is 0.214. The van der Waals surface area contributed by atoms with E-state index >= 15 is 0 Å². The van der Waals surface area contributed by atoms with Crippen molar-refractivity contribution in [2.24, 2.45) is 11.7 Å². The molecule has 96 valence electrons. The Kier molecular flexibility index (Phi) is 6.32. The Morgan fingerprint density at radius 3 is 2.50 bits per heavy atom. The minimum Gasteiger partial charge on any atom is -0.328 e. The molecule has 1 aliphatic carbocycles. The number of rotatable bonds is 6. The van der Waals surface area contributed by atoms with E-state index in [-0.39, 0.29) is 0 Å². The summed E-state index contributed by atoms with van der Waals surface area (Å²) in [6.07, 6.45) is 6.45. The van der Waals surface area contributed by atoms with Gasteiger partial charge < -0.3 is 15.5 Å². The van der Waals surface area contributed by atoms with Crippen LogP contribution in [-0.2, 0) is 0 Å². The van der Waals surface area contributed by atoms with Crippen molar-refractivity contribution in [3.63, 3.8) is 0 Å². The Morgan fingerprint density at radius 1 is 1.12 bits per heavy atom. The Bertz CT molecular complexity index is 182. The molecule has 16 heavy (non-hydrogen) atoms. The zero-order chi connectivity index (χ0) is 12.0. The highest BCUT2D eigenvalue weighted by Gasteiger charge is 2.20. The Balaban J connectivity index is 2.10. The molecule has 0 aliphatic heterocycles. The first kappa shape index (κ1) is 13.9. The van der Waals surface area contributed by atoms with Crippen LogP contribution in [0.4, 0.5) is 0 Å². The quantitative estimate of drug-likeness (QED) is 0.744. The Labute approximate surface area is 101 Å². The summed E-state index contributed by atoms with van der Waals surface area (Å²) in [7, 11) is 6.52. The molecule has 3 heteroatoms. The summed E-state index contributed by atoms with van der Waals surface area (Å²) in [6.45, 7) is 3.64. The second-order valence-corrected chi connectivity index (χ2v) is 5.71. The van der Waals surface area contributed by atoms with Gasteiger partial charge in [0.05, 0.1) is 0 Å². The fraction of sp³-hybridized carbons (Fsp3) is 1.00. The summed E-state index contributed by atoms with van der Waals surface area (Å²) in [6, 6.07) is 0.467. The maximum absolute atomic E-state index is 6.02. The number of nitrogens with zero attached hydrogens (tertiary/aromatic N) is 2. The molecule has 2 unspecified atom stereocenters. The van der Waals surface area contributed by atoms with Crippen molar-refractivity contribution in [3.05, 3.63) is 0 Å². The molecule has 0 aromatic heterocycles. The first-order valence-corrected chi connectivity index (χ1v) is 6.66. The fourth-order valence-corrected chi connectivity index (χ4v) is 2.69. The van der Waals surface area contributed by atoms with Gasteiger partial charge >= 0.3 is 0 Å². The molecule has 1 saturated carbocycles. The Morgan fingerprint density at radius 2 is 1.88 bits per heavy atom. The van der Waals surface area contributed by atoms with Crippen LogP contribution in [0.2, 0.25) is 0 Å². The van der Waals surface area contributed by atoms with Crippen molar-refractivity contribution in [2.75, 3.05) is 40.8 Å². The van der Waals surface area contributed by atoms with Gasteiger partial charge in [0.1, 0.15) is 0 Å². The molecule has 2 atom stereocenters. The summed E-state index contributed by atoms with van der Waals surface area (Å²) in [5, 5.41) is 0. The van der Waals surface area contributed by atoms with Crippen LogP contribution >= 0.6 is 0 Å². The number of hydrogen-bond donors (Lipinski definition) is 1. The smallest absolute Gasteiger partial charge is 0.00419 e. The summed E-state index contributed by atoms with van der Waals surface area (Å²) in [5.74, 6) is 0.841. The average Bonchev–Trinajstić information content (AvgIpc) is 2.16. The number of nitrogens with two attached hydrogens (primary N) is 1.